The Hall–Kier alpha value is -5.00. The van der Waals surface area contributed by atoms with Crippen molar-refractivity contribution in [2.45, 2.75) is 50.7 Å². The van der Waals surface area contributed by atoms with Crippen LogP contribution in [0, 0.1) is 5.82 Å². The topological polar surface area (TPSA) is 121 Å². The van der Waals surface area contributed by atoms with E-state index in [1.807, 2.05) is 0 Å². The molecule has 1 aliphatic heterocycles. The van der Waals surface area contributed by atoms with Crippen molar-refractivity contribution in [3.63, 3.8) is 0 Å². The summed E-state index contributed by atoms with van der Waals surface area (Å²) in [5.41, 5.74) is 1.56. The van der Waals surface area contributed by atoms with Gasteiger partial charge in [-0.3, -0.25) is 14.5 Å². The first kappa shape index (κ1) is 29.1. The molecule has 1 fully saturated rings. The van der Waals surface area contributed by atoms with Crippen molar-refractivity contribution in [1.82, 2.24) is 25.5 Å². The van der Waals surface area contributed by atoms with Gasteiger partial charge in [-0.15, -0.1) is 10.2 Å². The largest absolute Gasteiger partial charge is 0.497 e. The van der Waals surface area contributed by atoms with Gasteiger partial charge in [-0.25, -0.2) is 4.39 Å². The highest BCUT2D eigenvalue weighted by Crippen LogP contribution is 2.37. The van der Waals surface area contributed by atoms with Crippen LogP contribution in [0.5, 0.6) is 17.2 Å². The molecule has 2 heterocycles. The molecule has 6 rings (SSSR count). The van der Waals surface area contributed by atoms with Gasteiger partial charge in [-0.2, -0.15) is 4.80 Å². The highest BCUT2D eigenvalue weighted by molar-refractivity contribution is 6.01. The molecule has 11 nitrogen and oxygen atoms in total. The summed E-state index contributed by atoms with van der Waals surface area (Å²) < 4.78 is 30.7. The van der Waals surface area contributed by atoms with Crippen LogP contribution in [-0.2, 0) is 16.1 Å². The molecule has 0 bridgehead atoms. The highest BCUT2D eigenvalue weighted by atomic mass is 19.1. The minimum atomic E-state index is -1.11. The number of nitrogens with one attached hydrogen (secondary N) is 1. The number of anilines is 1. The van der Waals surface area contributed by atoms with Crippen LogP contribution >= 0.6 is 0 Å². The van der Waals surface area contributed by atoms with E-state index >= 15 is 0 Å². The molecule has 44 heavy (non-hydrogen) atoms. The minimum absolute atomic E-state index is 0.0135. The Balaban J connectivity index is 1.36. The molecule has 0 unspecified atom stereocenters. The lowest BCUT2D eigenvalue weighted by Crippen LogP contribution is -2.48. The van der Waals surface area contributed by atoms with Crippen LogP contribution in [0.25, 0.3) is 11.4 Å². The van der Waals surface area contributed by atoms with E-state index in [9.17, 15) is 14.0 Å². The second-order valence-electron chi connectivity index (χ2n) is 10.8. The third-order valence-electron chi connectivity index (χ3n) is 7.79. The first-order valence-corrected chi connectivity index (χ1v) is 14.7. The number of aromatic nitrogens is 4. The molecule has 2 aliphatic rings. The summed E-state index contributed by atoms with van der Waals surface area (Å²) >= 11 is 0. The van der Waals surface area contributed by atoms with Crippen molar-refractivity contribution >= 4 is 17.5 Å². The number of nitrogens with zero attached hydrogens (tertiary/aromatic N) is 5. The number of carbonyl (C=O) groups is 2. The van der Waals surface area contributed by atoms with E-state index in [1.54, 1.807) is 49.6 Å². The molecule has 12 heteroatoms. The Morgan fingerprint density at radius 3 is 2.45 bits per heavy atom. The Morgan fingerprint density at radius 1 is 1.00 bits per heavy atom. The number of tetrazole rings is 1. The van der Waals surface area contributed by atoms with Crippen molar-refractivity contribution in [1.29, 1.82) is 0 Å². The van der Waals surface area contributed by atoms with Gasteiger partial charge in [0, 0.05) is 23.4 Å². The Morgan fingerprint density at radius 2 is 1.73 bits per heavy atom. The number of carbonyl (C=O) groups excluding carboxylic acids is 2. The first-order chi connectivity index (χ1) is 21.5. The molecule has 0 spiro atoms. The summed E-state index contributed by atoms with van der Waals surface area (Å²) in [6, 6.07) is 16.7. The zero-order valence-electron chi connectivity index (χ0n) is 24.3. The highest BCUT2D eigenvalue weighted by Gasteiger charge is 2.35. The number of methoxy groups -OCH3 is 1. The summed E-state index contributed by atoms with van der Waals surface area (Å²) in [4.78, 5) is 30.9. The summed E-state index contributed by atoms with van der Waals surface area (Å²) in [5, 5.41) is 15.8. The molecule has 0 saturated heterocycles. The zero-order chi connectivity index (χ0) is 30.5. The van der Waals surface area contributed by atoms with Crippen molar-refractivity contribution < 1.29 is 28.2 Å². The Labute approximate surface area is 253 Å². The predicted molar refractivity (Wildman–Crippen MR) is 159 cm³/mol. The number of ether oxygens (including phenoxy) is 3. The van der Waals surface area contributed by atoms with E-state index in [4.69, 9.17) is 14.2 Å². The molecule has 2 amide bonds. The summed E-state index contributed by atoms with van der Waals surface area (Å²) in [7, 11) is 1.58. The molecule has 1 N–H and O–H groups in total. The van der Waals surface area contributed by atoms with Crippen molar-refractivity contribution in [2.24, 2.45) is 0 Å². The molecule has 1 aromatic heterocycles. The number of fused-ring (bicyclic) bond motifs is 1. The number of halogens is 1. The fourth-order valence-electron chi connectivity index (χ4n) is 5.57. The molecule has 1 atom stereocenters. The van der Waals surface area contributed by atoms with Gasteiger partial charge in [0.1, 0.15) is 37.4 Å². The Kier molecular flexibility index (Phi) is 8.67. The average molecular weight is 601 g/mol. The van der Waals surface area contributed by atoms with E-state index in [2.05, 4.69) is 20.7 Å². The molecular weight excluding hydrogens is 567 g/mol. The lowest BCUT2D eigenvalue weighted by molar-refractivity contribution is -0.127. The van der Waals surface area contributed by atoms with E-state index in [1.165, 1.54) is 34.0 Å². The van der Waals surface area contributed by atoms with Gasteiger partial charge in [-0.1, -0.05) is 31.4 Å². The van der Waals surface area contributed by atoms with Crippen LogP contribution in [0.1, 0.15) is 43.7 Å². The number of rotatable bonds is 9. The van der Waals surface area contributed by atoms with E-state index < -0.39 is 17.8 Å². The third kappa shape index (κ3) is 6.48. The SMILES string of the molecule is COc1ccc(-c2nnn(CC(=O)N(c3ccc4c(c3)OCCO4)[C@H](C(=O)NC3CCCCC3)c3ccc(F)cc3)n2)cc1. The summed E-state index contributed by atoms with van der Waals surface area (Å²) in [6.07, 6.45) is 4.88. The maximum Gasteiger partial charge on any atom is 0.251 e. The van der Waals surface area contributed by atoms with Crippen LogP contribution < -0.4 is 24.4 Å². The van der Waals surface area contributed by atoms with E-state index in [0.717, 1.165) is 32.1 Å². The normalized spacial score (nSPS) is 15.3. The van der Waals surface area contributed by atoms with Crippen LogP contribution in [-0.4, -0.2) is 58.4 Å². The van der Waals surface area contributed by atoms with Gasteiger partial charge in [0.15, 0.2) is 11.5 Å². The van der Waals surface area contributed by atoms with Gasteiger partial charge in [0.25, 0.3) is 5.91 Å². The maximum absolute atomic E-state index is 14.2. The van der Waals surface area contributed by atoms with Gasteiger partial charge in [-0.05, 0) is 72.1 Å². The molecule has 0 radical (unpaired) electrons. The van der Waals surface area contributed by atoms with Crippen LogP contribution in [0.15, 0.2) is 66.7 Å². The standard InChI is InChI=1S/C32H33FN6O5/c1-42-26-14-9-22(10-15-26)31-35-37-38(36-31)20-29(40)39(25-13-16-27-28(19-25)44-18-17-43-27)30(21-7-11-23(33)12-8-21)32(41)34-24-5-3-2-4-6-24/h7-16,19,24,30H,2-6,17-18,20H2,1H3,(H,34,41)/t30-/m0/s1. The second kappa shape index (κ2) is 13.1. The van der Waals surface area contributed by atoms with Crippen LogP contribution in [0.4, 0.5) is 10.1 Å². The van der Waals surface area contributed by atoms with Crippen molar-refractivity contribution in [2.75, 3.05) is 25.2 Å². The first-order valence-electron chi connectivity index (χ1n) is 14.7. The molecule has 228 valence electrons. The van der Waals surface area contributed by atoms with Crippen molar-refractivity contribution in [3.05, 3.63) is 78.1 Å². The van der Waals surface area contributed by atoms with Gasteiger partial charge >= 0.3 is 0 Å². The zero-order valence-corrected chi connectivity index (χ0v) is 24.3. The fourth-order valence-corrected chi connectivity index (χ4v) is 5.57. The molecule has 4 aromatic rings. The third-order valence-corrected chi connectivity index (χ3v) is 7.79. The lowest BCUT2D eigenvalue weighted by Gasteiger charge is -2.34. The molecule has 1 aliphatic carbocycles. The monoisotopic (exact) mass is 600 g/mol. The molecular formula is C32H33FN6O5. The van der Waals surface area contributed by atoms with E-state index in [-0.39, 0.29) is 18.5 Å². The maximum atomic E-state index is 14.2. The number of benzene rings is 3. The predicted octanol–water partition coefficient (Wildman–Crippen LogP) is 4.48. The van der Waals surface area contributed by atoms with Gasteiger partial charge in [0.2, 0.25) is 11.7 Å². The Bertz CT molecular complexity index is 1600. The van der Waals surface area contributed by atoms with Gasteiger partial charge < -0.3 is 19.5 Å². The molecule has 1 saturated carbocycles. The van der Waals surface area contributed by atoms with Crippen molar-refractivity contribution in [3.8, 4) is 28.6 Å². The van der Waals surface area contributed by atoms with Gasteiger partial charge in [0.05, 0.1) is 7.11 Å². The minimum Gasteiger partial charge on any atom is -0.497 e. The number of amides is 2. The van der Waals surface area contributed by atoms with Crippen LogP contribution in [0.3, 0.4) is 0 Å². The molecule has 3 aromatic carbocycles. The van der Waals surface area contributed by atoms with E-state index in [0.29, 0.717) is 53.1 Å². The smallest absolute Gasteiger partial charge is 0.251 e. The lowest BCUT2D eigenvalue weighted by atomic mass is 9.94. The summed E-state index contributed by atoms with van der Waals surface area (Å²) in [5.74, 6) is 0.722. The summed E-state index contributed by atoms with van der Waals surface area (Å²) in [6.45, 7) is 0.447. The fraction of sp³-hybridized carbons (Fsp3) is 0.344. The number of hydrogen-bond donors (Lipinski definition) is 1. The van der Waals surface area contributed by atoms with Crippen LogP contribution in [0.2, 0.25) is 0 Å². The second-order valence-corrected chi connectivity index (χ2v) is 10.8. The average Bonchev–Trinajstić information content (AvgIpc) is 3.52. The number of hydrogen-bond acceptors (Lipinski definition) is 8. The quantitative estimate of drug-likeness (QED) is 0.299.